The van der Waals surface area contributed by atoms with Crippen molar-refractivity contribution < 1.29 is 4.74 Å². The molecule has 1 aliphatic rings. The quantitative estimate of drug-likeness (QED) is 0.874. The molecule has 4 nitrogen and oxygen atoms in total. The first kappa shape index (κ1) is 16.2. The van der Waals surface area contributed by atoms with Crippen LogP contribution in [0.3, 0.4) is 0 Å². The van der Waals surface area contributed by atoms with Crippen LogP contribution in [0.2, 0.25) is 0 Å². The van der Waals surface area contributed by atoms with E-state index in [1.54, 1.807) is 0 Å². The summed E-state index contributed by atoms with van der Waals surface area (Å²) in [5.41, 5.74) is 2.52. The molecule has 0 bridgehead atoms. The zero-order valence-corrected chi connectivity index (χ0v) is 13.9. The Balaban J connectivity index is 2.15. The molecule has 0 atom stereocenters. The summed E-state index contributed by atoms with van der Waals surface area (Å²) in [6.45, 7) is 10.5. The van der Waals surface area contributed by atoms with Gasteiger partial charge in [0.2, 0.25) is 0 Å². The minimum atomic E-state index is 0.413. The molecular weight excluding hydrogens is 262 g/mol. The van der Waals surface area contributed by atoms with Crippen molar-refractivity contribution in [2.75, 3.05) is 31.6 Å². The minimum Gasteiger partial charge on any atom is -0.381 e. The maximum absolute atomic E-state index is 5.46. The zero-order valence-electron chi connectivity index (χ0n) is 13.9. The highest BCUT2D eigenvalue weighted by Gasteiger charge is 2.20. The molecule has 118 valence electrons. The average molecular weight is 291 g/mol. The van der Waals surface area contributed by atoms with Crippen molar-refractivity contribution in [3.63, 3.8) is 0 Å². The number of rotatable bonds is 6. The molecular formula is C17H29N3O. The van der Waals surface area contributed by atoms with Gasteiger partial charge in [-0.25, -0.2) is 4.98 Å². The van der Waals surface area contributed by atoms with E-state index in [4.69, 9.17) is 9.72 Å². The summed E-state index contributed by atoms with van der Waals surface area (Å²) in [7, 11) is 1.81. The standard InChI is InChI=1S/C17H29N3O/c1-5-18-12-14-10-16(13(2)3)19-17(11-14)20-8-6-15(21-4)7-9-20/h10-11,13,15,18H,5-9,12H2,1-4H3. The third-order valence-corrected chi connectivity index (χ3v) is 4.16. The van der Waals surface area contributed by atoms with Crippen LogP contribution in [-0.2, 0) is 11.3 Å². The predicted molar refractivity (Wildman–Crippen MR) is 88.0 cm³/mol. The van der Waals surface area contributed by atoms with Crippen LogP contribution in [0.25, 0.3) is 0 Å². The van der Waals surface area contributed by atoms with Crippen LogP contribution in [-0.4, -0.2) is 37.8 Å². The summed E-state index contributed by atoms with van der Waals surface area (Å²) in [5.74, 6) is 1.59. The normalized spacial score (nSPS) is 16.7. The lowest BCUT2D eigenvalue weighted by Crippen LogP contribution is -2.37. The van der Waals surface area contributed by atoms with E-state index in [1.165, 1.54) is 11.3 Å². The van der Waals surface area contributed by atoms with E-state index in [9.17, 15) is 0 Å². The number of nitrogens with one attached hydrogen (secondary N) is 1. The highest BCUT2D eigenvalue weighted by molar-refractivity contribution is 5.43. The number of aromatic nitrogens is 1. The molecule has 21 heavy (non-hydrogen) atoms. The number of pyridine rings is 1. The van der Waals surface area contributed by atoms with Crippen molar-refractivity contribution >= 4 is 5.82 Å². The number of piperidine rings is 1. The molecule has 1 aromatic heterocycles. The molecule has 0 radical (unpaired) electrons. The van der Waals surface area contributed by atoms with E-state index in [0.717, 1.165) is 44.8 Å². The minimum absolute atomic E-state index is 0.413. The Morgan fingerprint density at radius 2 is 2.05 bits per heavy atom. The van der Waals surface area contributed by atoms with Crippen LogP contribution in [0.15, 0.2) is 12.1 Å². The molecule has 2 heterocycles. The summed E-state index contributed by atoms with van der Waals surface area (Å²) in [5, 5.41) is 3.41. The lowest BCUT2D eigenvalue weighted by molar-refractivity contribution is 0.0818. The first-order valence-corrected chi connectivity index (χ1v) is 8.13. The third kappa shape index (κ3) is 4.42. The fourth-order valence-electron chi connectivity index (χ4n) is 2.74. The largest absolute Gasteiger partial charge is 0.381 e. The number of ether oxygens (including phenoxy) is 1. The topological polar surface area (TPSA) is 37.4 Å². The molecule has 0 saturated carbocycles. The SMILES string of the molecule is CCNCc1cc(C(C)C)nc(N2CCC(OC)CC2)c1. The van der Waals surface area contributed by atoms with Crippen molar-refractivity contribution in [2.45, 2.75) is 52.2 Å². The molecule has 4 heteroatoms. The maximum Gasteiger partial charge on any atom is 0.129 e. The van der Waals surface area contributed by atoms with Crippen molar-refractivity contribution in [1.82, 2.24) is 10.3 Å². The summed E-state index contributed by atoms with van der Waals surface area (Å²) >= 11 is 0. The van der Waals surface area contributed by atoms with Gasteiger partial charge in [0, 0.05) is 32.4 Å². The molecule has 0 unspecified atom stereocenters. The Morgan fingerprint density at radius 3 is 2.62 bits per heavy atom. The average Bonchev–Trinajstić information content (AvgIpc) is 2.52. The fourth-order valence-corrected chi connectivity index (χ4v) is 2.74. The van der Waals surface area contributed by atoms with Gasteiger partial charge < -0.3 is 15.0 Å². The van der Waals surface area contributed by atoms with Gasteiger partial charge in [-0.15, -0.1) is 0 Å². The van der Waals surface area contributed by atoms with Gasteiger partial charge in [0.05, 0.1) is 6.10 Å². The summed E-state index contributed by atoms with van der Waals surface area (Å²) < 4.78 is 5.46. The second-order valence-corrected chi connectivity index (χ2v) is 6.12. The van der Waals surface area contributed by atoms with Gasteiger partial charge in [-0.2, -0.15) is 0 Å². The second kappa shape index (κ2) is 7.76. The Kier molecular flexibility index (Phi) is 6.00. The van der Waals surface area contributed by atoms with Crippen LogP contribution < -0.4 is 10.2 Å². The zero-order chi connectivity index (χ0) is 15.2. The van der Waals surface area contributed by atoms with Crippen LogP contribution >= 0.6 is 0 Å². The predicted octanol–water partition coefficient (Wildman–Crippen LogP) is 2.93. The lowest BCUT2D eigenvalue weighted by Gasteiger charge is -2.32. The van der Waals surface area contributed by atoms with Crippen LogP contribution in [0.1, 0.15) is 50.8 Å². The Bertz CT molecular complexity index is 440. The maximum atomic E-state index is 5.46. The van der Waals surface area contributed by atoms with Gasteiger partial charge in [0.15, 0.2) is 0 Å². The molecule has 1 fully saturated rings. The number of hydrogen-bond acceptors (Lipinski definition) is 4. The molecule has 0 aliphatic carbocycles. The molecule has 1 aromatic rings. The third-order valence-electron chi connectivity index (χ3n) is 4.16. The summed E-state index contributed by atoms with van der Waals surface area (Å²) in [4.78, 5) is 7.27. The Morgan fingerprint density at radius 1 is 1.33 bits per heavy atom. The molecule has 2 rings (SSSR count). The van der Waals surface area contributed by atoms with Crippen LogP contribution in [0.4, 0.5) is 5.82 Å². The second-order valence-electron chi connectivity index (χ2n) is 6.12. The molecule has 0 aromatic carbocycles. The van der Waals surface area contributed by atoms with Gasteiger partial charge in [0.25, 0.3) is 0 Å². The van der Waals surface area contributed by atoms with E-state index in [-0.39, 0.29) is 0 Å². The number of hydrogen-bond donors (Lipinski definition) is 1. The summed E-state index contributed by atoms with van der Waals surface area (Å²) in [6.07, 6.45) is 2.59. The van der Waals surface area contributed by atoms with E-state index in [0.29, 0.717) is 12.0 Å². The highest BCUT2D eigenvalue weighted by Crippen LogP contribution is 2.23. The number of anilines is 1. The van der Waals surface area contributed by atoms with Crippen LogP contribution in [0.5, 0.6) is 0 Å². The smallest absolute Gasteiger partial charge is 0.129 e. The molecule has 0 amide bonds. The first-order valence-electron chi connectivity index (χ1n) is 8.13. The van der Waals surface area contributed by atoms with E-state index in [1.807, 2.05) is 7.11 Å². The van der Waals surface area contributed by atoms with Crippen molar-refractivity contribution in [2.24, 2.45) is 0 Å². The van der Waals surface area contributed by atoms with Gasteiger partial charge in [-0.1, -0.05) is 20.8 Å². The molecule has 1 aliphatic heterocycles. The Labute approximate surface area is 128 Å². The monoisotopic (exact) mass is 291 g/mol. The fraction of sp³-hybridized carbons (Fsp3) is 0.706. The van der Waals surface area contributed by atoms with Gasteiger partial charge in [-0.3, -0.25) is 0 Å². The molecule has 0 spiro atoms. The van der Waals surface area contributed by atoms with Crippen molar-refractivity contribution in [3.8, 4) is 0 Å². The van der Waals surface area contributed by atoms with Crippen LogP contribution in [0, 0.1) is 0 Å². The lowest BCUT2D eigenvalue weighted by atomic mass is 10.1. The van der Waals surface area contributed by atoms with Crippen molar-refractivity contribution in [1.29, 1.82) is 0 Å². The summed E-state index contributed by atoms with van der Waals surface area (Å²) in [6, 6.07) is 4.47. The number of nitrogens with zero attached hydrogens (tertiary/aromatic N) is 2. The van der Waals surface area contributed by atoms with Crippen molar-refractivity contribution in [3.05, 3.63) is 23.4 Å². The molecule has 1 N–H and O–H groups in total. The number of methoxy groups -OCH3 is 1. The van der Waals surface area contributed by atoms with E-state index in [2.05, 4.69) is 43.1 Å². The van der Waals surface area contributed by atoms with E-state index >= 15 is 0 Å². The Hall–Kier alpha value is -1.13. The van der Waals surface area contributed by atoms with Gasteiger partial charge in [0.1, 0.15) is 5.82 Å². The van der Waals surface area contributed by atoms with Gasteiger partial charge >= 0.3 is 0 Å². The molecule has 1 saturated heterocycles. The first-order chi connectivity index (χ1) is 10.1. The highest BCUT2D eigenvalue weighted by atomic mass is 16.5. The van der Waals surface area contributed by atoms with Gasteiger partial charge in [-0.05, 0) is 43.0 Å². The van der Waals surface area contributed by atoms with E-state index < -0.39 is 0 Å².